The predicted octanol–water partition coefficient (Wildman–Crippen LogP) is 5.63. The molecule has 1 aliphatic carbocycles. The van der Waals surface area contributed by atoms with Gasteiger partial charge in [0, 0.05) is 21.4 Å². The van der Waals surface area contributed by atoms with Crippen molar-refractivity contribution in [1.29, 1.82) is 0 Å². The van der Waals surface area contributed by atoms with Crippen molar-refractivity contribution in [2.75, 3.05) is 7.11 Å². The van der Waals surface area contributed by atoms with Gasteiger partial charge >= 0.3 is 0 Å². The van der Waals surface area contributed by atoms with E-state index in [1.165, 1.54) is 40.6 Å². The van der Waals surface area contributed by atoms with E-state index in [9.17, 15) is 4.39 Å². The number of ether oxygens (including phenoxy) is 1. The van der Waals surface area contributed by atoms with E-state index in [4.69, 9.17) is 4.74 Å². The fourth-order valence-electron chi connectivity index (χ4n) is 2.55. The molecule has 1 aromatic heterocycles. The van der Waals surface area contributed by atoms with Crippen LogP contribution in [0.1, 0.15) is 32.1 Å². The number of rotatable bonds is 3. The van der Waals surface area contributed by atoms with Crippen molar-refractivity contribution in [3.8, 4) is 5.75 Å². The molecule has 1 unspecified atom stereocenters. The summed E-state index contributed by atoms with van der Waals surface area (Å²) >= 11 is 8.82. The topological polar surface area (TPSA) is 9.23 Å². The van der Waals surface area contributed by atoms with Crippen molar-refractivity contribution in [2.24, 2.45) is 0 Å². The third-order valence-corrected chi connectivity index (χ3v) is 6.76. The molecule has 1 heterocycles. The molecule has 0 amide bonds. The van der Waals surface area contributed by atoms with Gasteiger partial charge in [0.15, 0.2) is 0 Å². The molecule has 2 aromatic rings. The molecular formula is C15H13Br2FOS. The van der Waals surface area contributed by atoms with Gasteiger partial charge in [-0.25, -0.2) is 4.39 Å². The van der Waals surface area contributed by atoms with Crippen LogP contribution in [-0.2, 0) is 12.8 Å². The Kier molecular flexibility index (Phi) is 4.20. The standard InChI is InChI=1S/C15H13Br2FOS/c1-19-12-7-11(18)10(16)6-9(12)15(17)14-5-8-3-2-4-13(8)20-14/h5-7,15H,2-4H2,1H3. The van der Waals surface area contributed by atoms with E-state index in [2.05, 4.69) is 37.9 Å². The van der Waals surface area contributed by atoms with Gasteiger partial charge in [0.1, 0.15) is 11.6 Å². The molecule has 0 bridgehead atoms. The van der Waals surface area contributed by atoms with E-state index < -0.39 is 0 Å². The van der Waals surface area contributed by atoms with Crippen molar-refractivity contribution in [1.82, 2.24) is 0 Å². The number of hydrogen-bond acceptors (Lipinski definition) is 2. The molecule has 20 heavy (non-hydrogen) atoms. The Balaban J connectivity index is 2.00. The number of methoxy groups -OCH3 is 1. The Morgan fingerprint density at radius 2 is 2.10 bits per heavy atom. The quantitative estimate of drug-likeness (QED) is 0.585. The van der Waals surface area contributed by atoms with Gasteiger partial charge in [-0.1, -0.05) is 15.9 Å². The lowest BCUT2D eigenvalue weighted by molar-refractivity contribution is 0.406. The predicted molar refractivity (Wildman–Crippen MR) is 87.8 cm³/mol. The van der Waals surface area contributed by atoms with Crippen LogP contribution in [0.4, 0.5) is 4.39 Å². The first-order chi connectivity index (χ1) is 9.60. The minimum absolute atomic E-state index is 0.0324. The van der Waals surface area contributed by atoms with Crippen LogP contribution in [0, 0.1) is 5.82 Å². The molecule has 0 saturated carbocycles. The fourth-order valence-corrected chi connectivity index (χ4v) is 4.94. The zero-order valence-corrected chi connectivity index (χ0v) is 14.9. The van der Waals surface area contributed by atoms with Gasteiger partial charge in [-0.15, -0.1) is 11.3 Å². The molecule has 0 spiro atoms. The van der Waals surface area contributed by atoms with Crippen LogP contribution in [-0.4, -0.2) is 7.11 Å². The van der Waals surface area contributed by atoms with Crippen LogP contribution in [0.5, 0.6) is 5.75 Å². The van der Waals surface area contributed by atoms with Crippen molar-refractivity contribution >= 4 is 43.2 Å². The van der Waals surface area contributed by atoms with Crippen molar-refractivity contribution in [3.05, 3.63) is 49.4 Å². The summed E-state index contributed by atoms with van der Waals surface area (Å²) in [7, 11) is 1.57. The third kappa shape index (κ3) is 2.55. The molecule has 0 radical (unpaired) electrons. The van der Waals surface area contributed by atoms with E-state index in [1.807, 2.05) is 11.3 Å². The molecule has 0 N–H and O–H groups in total. The molecule has 0 aliphatic heterocycles. The second kappa shape index (κ2) is 5.78. The zero-order chi connectivity index (χ0) is 14.3. The summed E-state index contributed by atoms with van der Waals surface area (Å²) in [4.78, 5) is 2.78. The van der Waals surface area contributed by atoms with E-state index in [0.29, 0.717) is 10.2 Å². The summed E-state index contributed by atoms with van der Waals surface area (Å²) < 4.78 is 19.4. The number of halogens is 3. The summed E-state index contributed by atoms with van der Waals surface area (Å²) in [6.07, 6.45) is 3.62. The van der Waals surface area contributed by atoms with Crippen LogP contribution >= 0.6 is 43.2 Å². The van der Waals surface area contributed by atoms with Gasteiger partial charge < -0.3 is 4.74 Å². The number of aryl methyl sites for hydroxylation is 2. The van der Waals surface area contributed by atoms with Gasteiger partial charge in [0.25, 0.3) is 0 Å². The first-order valence-electron chi connectivity index (χ1n) is 6.38. The van der Waals surface area contributed by atoms with Gasteiger partial charge in [-0.3, -0.25) is 0 Å². The van der Waals surface area contributed by atoms with Crippen LogP contribution in [0.3, 0.4) is 0 Å². The van der Waals surface area contributed by atoms with E-state index in [1.54, 1.807) is 13.2 Å². The smallest absolute Gasteiger partial charge is 0.141 e. The SMILES string of the molecule is COc1cc(F)c(Br)cc1C(Br)c1cc2c(s1)CCC2. The van der Waals surface area contributed by atoms with Crippen LogP contribution in [0.15, 0.2) is 22.7 Å². The summed E-state index contributed by atoms with van der Waals surface area (Å²) in [5.41, 5.74) is 2.41. The normalized spacial score (nSPS) is 15.2. The maximum atomic E-state index is 13.6. The largest absolute Gasteiger partial charge is 0.496 e. The lowest BCUT2D eigenvalue weighted by Gasteiger charge is -2.14. The molecule has 106 valence electrons. The molecule has 1 atom stereocenters. The number of thiophene rings is 1. The maximum Gasteiger partial charge on any atom is 0.141 e. The monoisotopic (exact) mass is 418 g/mol. The van der Waals surface area contributed by atoms with Gasteiger partial charge in [-0.05, 0) is 52.9 Å². The Hall–Kier alpha value is -0.390. The lowest BCUT2D eigenvalue weighted by Crippen LogP contribution is -1.97. The number of hydrogen-bond donors (Lipinski definition) is 0. The number of alkyl halides is 1. The second-order valence-electron chi connectivity index (χ2n) is 4.82. The fraction of sp³-hybridized carbons (Fsp3) is 0.333. The highest BCUT2D eigenvalue weighted by Gasteiger charge is 2.23. The summed E-state index contributed by atoms with van der Waals surface area (Å²) in [5, 5.41) is 0. The van der Waals surface area contributed by atoms with Gasteiger partial charge in [0.05, 0.1) is 16.4 Å². The lowest BCUT2D eigenvalue weighted by atomic mass is 10.1. The van der Waals surface area contributed by atoms with E-state index in [0.717, 1.165) is 5.56 Å². The first kappa shape index (κ1) is 14.5. The highest BCUT2D eigenvalue weighted by Crippen LogP contribution is 2.43. The van der Waals surface area contributed by atoms with E-state index >= 15 is 0 Å². The number of benzene rings is 1. The maximum absolute atomic E-state index is 13.6. The first-order valence-corrected chi connectivity index (χ1v) is 8.91. The summed E-state index contributed by atoms with van der Waals surface area (Å²) in [5.74, 6) is 0.264. The Morgan fingerprint density at radius 1 is 1.30 bits per heavy atom. The summed E-state index contributed by atoms with van der Waals surface area (Å²) in [6.45, 7) is 0. The van der Waals surface area contributed by atoms with Crippen molar-refractivity contribution < 1.29 is 9.13 Å². The van der Waals surface area contributed by atoms with Crippen LogP contribution < -0.4 is 4.74 Å². The molecule has 1 aromatic carbocycles. The highest BCUT2D eigenvalue weighted by atomic mass is 79.9. The molecule has 0 saturated heterocycles. The van der Waals surface area contributed by atoms with Crippen LogP contribution in [0.25, 0.3) is 0 Å². The Morgan fingerprint density at radius 3 is 2.80 bits per heavy atom. The average molecular weight is 420 g/mol. The Labute approximate surface area is 138 Å². The molecular weight excluding hydrogens is 407 g/mol. The number of fused-ring (bicyclic) bond motifs is 1. The van der Waals surface area contributed by atoms with Gasteiger partial charge in [-0.2, -0.15) is 0 Å². The van der Waals surface area contributed by atoms with Crippen molar-refractivity contribution in [3.63, 3.8) is 0 Å². The molecule has 1 aliphatic rings. The van der Waals surface area contributed by atoms with Gasteiger partial charge in [0.2, 0.25) is 0 Å². The zero-order valence-electron chi connectivity index (χ0n) is 10.9. The van der Waals surface area contributed by atoms with Crippen molar-refractivity contribution in [2.45, 2.75) is 24.1 Å². The van der Waals surface area contributed by atoms with Crippen LogP contribution in [0.2, 0.25) is 0 Å². The van der Waals surface area contributed by atoms with E-state index in [-0.39, 0.29) is 10.6 Å². The molecule has 3 rings (SSSR count). The minimum Gasteiger partial charge on any atom is -0.496 e. The second-order valence-corrected chi connectivity index (χ2v) is 7.76. The third-order valence-electron chi connectivity index (χ3n) is 3.56. The molecule has 0 fully saturated rings. The minimum atomic E-state index is -0.307. The highest BCUT2D eigenvalue weighted by molar-refractivity contribution is 9.10. The molecule has 1 nitrogen and oxygen atoms in total. The average Bonchev–Trinajstić information content (AvgIpc) is 3.01. The summed E-state index contributed by atoms with van der Waals surface area (Å²) in [6, 6.07) is 5.48. The molecule has 5 heteroatoms. The Bertz CT molecular complexity index is 632.